The van der Waals surface area contributed by atoms with Crippen molar-refractivity contribution in [2.24, 2.45) is 5.92 Å². The molecule has 140 valence electrons. The second-order valence-corrected chi connectivity index (χ2v) is 5.49. The van der Waals surface area contributed by atoms with Crippen molar-refractivity contribution in [2.45, 2.75) is 27.2 Å². The molecule has 8 heteroatoms. The van der Waals surface area contributed by atoms with Crippen molar-refractivity contribution < 1.29 is 38.1 Å². The number of carbonyl (C=O) groups is 4. The molecule has 0 aromatic heterocycles. The van der Waals surface area contributed by atoms with Crippen molar-refractivity contribution in [3.8, 4) is 0 Å². The van der Waals surface area contributed by atoms with Gasteiger partial charge < -0.3 is 18.9 Å². The number of hydrogen-bond donors (Lipinski definition) is 0. The van der Waals surface area contributed by atoms with Crippen LogP contribution in [0.2, 0.25) is 0 Å². The topological polar surface area (TPSA) is 105 Å². The Kier molecular flexibility index (Phi) is 10.6. The lowest BCUT2D eigenvalue weighted by Gasteiger charge is -2.12. The molecule has 1 unspecified atom stereocenters. The van der Waals surface area contributed by atoms with Gasteiger partial charge in [0.25, 0.3) is 0 Å². The molecule has 0 amide bonds. The van der Waals surface area contributed by atoms with Crippen molar-refractivity contribution in [1.29, 1.82) is 0 Å². The van der Waals surface area contributed by atoms with Gasteiger partial charge in [-0.05, 0) is 13.8 Å². The predicted molar refractivity (Wildman–Crippen MR) is 87.2 cm³/mol. The average molecular weight is 356 g/mol. The van der Waals surface area contributed by atoms with E-state index in [1.165, 1.54) is 13.8 Å². The average Bonchev–Trinajstić information content (AvgIpc) is 2.56. The lowest BCUT2D eigenvalue weighted by Crippen LogP contribution is -2.25. The number of carbonyl (C=O) groups excluding carboxylic acids is 4. The van der Waals surface area contributed by atoms with Crippen molar-refractivity contribution in [3.05, 3.63) is 24.3 Å². The van der Waals surface area contributed by atoms with E-state index in [4.69, 9.17) is 14.2 Å². The molecular formula is C17H24O8. The van der Waals surface area contributed by atoms with Gasteiger partial charge >= 0.3 is 23.9 Å². The van der Waals surface area contributed by atoms with Crippen LogP contribution in [0.25, 0.3) is 0 Å². The maximum absolute atomic E-state index is 11.4. The summed E-state index contributed by atoms with van der Waals surface area (Å²) in [6.07, 6.45) is 0.241. The molecule has 0 fully saturated rings. The molecule has 0 aliphatic heterocycles. The molecule has 8 nitrogen and oxygen atoms in total. The normalized spacial score (nSPS) is 11.0. The van der Waals surface area contributed by atoms with E-state index in [2.05, 4.69) is 17.9 Å². The van der Waals surface area contributed by atoms with Crippen LogP contribution in [0.15, 0.2) is 24.3 Å². The van der Waals surface area contributed by atoms with E-state index in [9.17, 15) is 19.2 Å². The molecule has 0 aromatic rings. The first-order valence-electron chi connectivity index (χ1n) is 7.64. The quantitative estimate of drug-likeness (QED) is 0.190. The maximum Gasteiger partial charge on any atom is 0.417 e. The van der Waals surface area contributed by atoms with E-state index in [0.29, 0.717) is 0 Å². The fourth-order valence-corrected chi connectivity index (χ4v) is 1.24. The van der Waals surface area contributed by atoms with Gasteiger partial charge in [0.2, 0.25) is 0 Å². The molecule has 0 N–H and O–H groups in total. The molecular weight excluding hydrogens is 332 g/mol. The van der Waals surface area contributed by atoms with E-state index >= 15 is 0 Å². The monoisotopic (exact) mass is 356 g/mol. The van der Waals surface area contributed by atoms with Crippen LogP contribution in [-0.4, -0.2) is 50.3 Å². The number of ether oxygens (including phenoxy) is 4. The smallest absolute Gasteiger partial charge is 0.417 e. The zero-order valence-electron chi connectivity index (χ0n) is 14.8. The number of rotatable bonds is 10. The molecule has 0 aromatic carbocycles. The Morgan fingerprint density at radius 1 is 0.720 bits per heavy atom. The lowest BCUT2D eigenvalue weighted by atomic mass is 10.2. The van der Waals surface area contributed by atoms with Crippen LogP contribution in [0.4, 0.5) is 0 Å². The Balaban J connectivity index is 3.86. The van der Waals surface area contributed by atoms with E-state index in [0.717, 1.165) is 0 Å². The third-order valence-corrected chi connectivity index (χ3v) is 2.62. The molecule has 1 atom stereocenters. The first kappa shape index (κ1) is 22.4. The summed E-state index contributed by atoms with van der Waals surface area (Å²) in [5.74, 6) is -3.65. The Morgan fingerprint density at radius 3 is 1.56 bits per heavy atom. The highest BCUT2D eigenvalue weighted by Crippen LogP contribution is 2.01. The molecule has 0 saturated carbocycles. The predicted octanol–water partition coefficient (Wildman–Crippen LogP) is 1.34. The third kappa shape index (κ3) is 10.7. The van der Waals surface area contributed by atoms with E-state index in [1.54, 1.807) is 6.92 Å². The van der Waals surface area contributed by atoms with Gasteiger partial charge in [-0.1, -0.05) is 20.1 Å². The van der Waals surface area contributed by atoms with Gasteiger partial charge in [0.05, 0.1) is 26.4 Å². The highest BCUT2D eigenvalue weighted by Gasteiger charge is 2.19. The minimum Gasteiger partial charge on any atom is -0.462 e. The van der Waals surface area contributed by atoms with Crippen LogP contribution in [0.5, 0.6) is 0 Å². The zero-order valence-corrected chi connectivity index (χ0v) is 14.8. The van der Waals surface area contributed by atoms with Crippen LogP contribution in [0, 0.1) is 5.92 Å². The van der Waals surface area contributed by atoms with Gasteiger partial charge in [-0.25, -0.2) is 19.2 Å². The molecule has 0 bridgehead atoms. The van der Waals surface area contributed by atoms with E-state index in [1.807, 2.05) is 0 Å². The van der Waals surface area contributed by atoms with Gasteiger partial charge in [-0.2, -0.15) is 0 Å². The van der Waals surface area contributed by atoms with Crippen LogP contribution < -0.4 is 0 Å². The largest absolute Gasteiger partial charge is 0.462 e. The van der Waals surface area contributed by atoms with Crippen molar-refractivity contribution in [3.63, 3.8) is 0 Å². The second-order valence-electron chi connectivity index (χ2n) is 5.49. The van der Waals surface area contributed by atoms with Crippen LogP contribution in [-0.2, 0) is 38.1 Å². The molecule has 0 rings (SSSR count). The maximum atomic E-state index is 11.4. The minimum absolute atomic E-state index is 0.0299. The van der Waals surface area contributed by atoms with Gasteiger partial charge in [0, 0.05) is 23.5 Å². The standard InChI is InChI=1S/C17H24O8/c1-11(2)14(18)22-7-6-8-23-16(20)17(21)25-10-13(5)9-24-15(19)12(3)4/h13H,1,3,6-10H2,2,4-5H3. The Bertz CT molecular complexity index is 535. The summed E-state index contributed by atoms with van der Waals surface area (Å²) in [7, 11) is 0. The molecule has 25 heavy (non-hydrogen) atoms. The Morgan fingerprint density at radius 2 is 1.08 bits per heavy atom. The highest BCUT2D eigenvalue weighted by molar-refractivity contribution is 6.29. The fourth-order valence-electron chi connectivity index (χ4n) is 1.24. The summed E-state index contributed by atoms with van der Waals surface area (Å²) < 4.78 is 19.1. The minimum atomic E-state index is -1.14. The van der Waals surface area contributed by atoms with Crippen molar-refractivity contribution in [2.75, 3.05) is 26.4 Å². The van der Waals surface area contributed by atoms with Gasteiger partial charge in [0.1, 0.15) is 0 Å². The van der Waals surface area contributed by atoms with Crippen LogP contribution in [0.1, 0.15) is 27.2 Å². The van der Waals surface area contributed by atoms with Gasteiger partial charge in [-0.15, -0.1) is 0 Å². The summed E-state index contributed by atoms with van der Waals surface area (Å²) in [5, 5.41) is 0. The summed E-state index contributed by atoms with van der Waals surface area (Å²) in [4.78, 5) is 45.1. The Labute approximate surface area is 146 Å². The van der Waals surface area contributed by atoms with Crippen molar-refractivity contribution in [1.82, 2.24) is 0 Å². The van der Waals surface area contributed by atoms with Crippen LogP contribution >= 0.6 is 0 Å². The number of hydrogen-bond acceptors (Lipinski definition) is 8. The molecule has 0 aliphatic carbocycles. The first-order chi connectivity index (χ1) is 11.6. The molecule has 0 radical (unpaired) electrons. The SMILES string of the molecule is C=C(C)C(=O)OCCCOC(=O)C(=O)OCC(C)COC(=O)C(=C)C. The van der Waals surface area contributed by atoms with E-state index < -0.39 is 23.9 Å². The highest BCUT2D eigenvalue weighted by atomic mass is 16.6. The van der Waals surface area contributed by atoms with E-state index in [-0.39, 0.29) is 49.9 Å². The molecule has 0 saturated heterocycles. The lowest BCUT2D eigenvalue weighted by molar-refractivity contribution is -0.169. The second kappa shape index (κ2) is 11.8. The number of esters is 4. The molecule has 0 heterocycles. The Hall–Kier alpha value is -2.64. The third-order valence-electron chi connectivity index (χ3n) is 2.62. The fraction of sp³-hybridized carbons (Fsp3) is 0.529. The summed E-state index contributed by atoms with van der Waals surface area (Å²) in [6, 6.07) is 0. The molecule has 0 spiro atoms. The zero-order chi connectivity index (χ0) is 19.4. The summed E-state index contributed by atoms with van der Waals surface area (Å²) >= 11 is 0. The van der Waals surface area contributed by atoms with Gasteiger partial charge in [0.15, 0.2) is 0 Å². The van der Waals surface area contributed by atoms with Crippen molar-refractivity contribution >= 4 is 23.9 Å². The molecule has 0 aliphatic rings. The summed E-state index contributed by atoms with van der Waals surface area (Å²) in [5.41, 5.74) is 0.533. The first-order valence-corrected chi connectivity index (χ1v) is 7.64. The summed E-state index contributed by atoms with van der Waals surface area (Å²) in [6.45, 7) is 11.4. The van der Waals surface area contributed by atoms with Crippen LogP contribution in [0.3, 0.4) is 0 Å². The van der Waals surface area contributed by atoms with Gasteiger partial charge in [-0.3, -0.25) is 0 Å².